The van der Waals surface area contributed by atoms with Gasteiger partial charge in [0.1, 0.15) is 0 Å². The van der Waals surface area contributed by atoms with Gasteiger partial charge in [0, 0.05) is 32.3 Å². The first-order valence-electron chi connectivity index (χ1n) is 8.21. The fraction of sp³-hybridized carbons (Fsp3) is 0.556. The van der Waals surface area contributed by atoms with E-state index in [4.69, 9.17) is 4.74 Å². The number of benzene rings is 1. The molecule has 23 heavy (non-hydrogen) atoms. The minimum absolute atomic E-state index is 0.0841. The Hall–Kier alpha value is -1.72. The van der Waals surface area contributed by atoms with Crippen molar-refractivity contribution in [2.24, 2.45) is 5.92 Å². The number of ketones is 1. The molecule has 0 spiro atoms. The Morgan fingerprint density at radius 1 is 1.30 bits per heavy atom. The SMILES string of the molecule is COCCN1CCC[C@@H](CNC(=O)c2ccccc2C(C)=O)C1. The summed E-state index contributed by atoms with van der Waals surface area (Å²) in [5.74, 6) is 0.206. The Morgan fingerprint density at radius 3 is 2.74 bits per heavy atom. The fourth-order valence-corrected chi connectivity index (χ4v) is 3.06. The minimum Gasteiger partial charge on any atom is -0.383 e. The summed E-state index contributed by atoms with van der Waals surface area (Å²) in [5.41, 5.74) is 0.947. The van der Waals surface area contributed by atoms with E-state index in [9.17, 15) is 9.59 Å². The van der Waals surface area contributed by atoms with Crippen LogP contribution in [0.1, 0.15) is 40.5 Å². The van der Waals surface area contributed by atoms with Crippen molar-refractivity contribution in [3.05, 3.63) is 35.4 Å². The number of likely N-dealkylation sites (tertiary alicyclic amines) is 1. The van der Waals surface area contributed by atoms with Gasteiger partial charge < -0.3 is 15.0 Å². The molecule has 1 aliphatic rings. The number of hydrogen-bond donors (Lipinski definition) is 1. The number of nitrogens with zero attached hydrogens (tertiary/aromatic N) is 1. The number of piperidine rings is 1. The smallest absolute Gasteiger partial charge is 0.252 e. The zero-order valence-electron chi connectivity index (χ0n) is 14.0. The molecule has 2 rings (SSSR count). The molecule has 1 aromatic rings. The van der Waals surface area contributed by atoms with E-state index in [2.05, 4.69) is 10.2 Å². The van der Waals surface area contributed by atoms with Crippen molar-refractivity contribution in [3.63, 3.8) is 0 Å². The first-order valence-corrected chi connectivity index (χ1v) is 8.21. The van der Waals surface area contributed by atoms with Gasteiger partial charge in [-0.2, -0.15) is 0 Å². The molecule has 0 aromatic heterocycles. The lowest BCUT2D eigenvalue weighted by atomic mass is 9.97. The predicted octanol–water partition coefficient (Wildman–Crippen LogP) is 1.98. The van der Waals surface area contributed by atoms with Crippen LogP contribution < -0.4 is 5.32 Å². The van der Waals surface area contributed by atoms with Crippen LogP contribution >= 0.6 is 0 Å². The number of ether oxygens (including phenoxy) is 1. The number of rotatable bonds is 7. The van der Waals surface area contributed by atoms with Crippen LogP contribution in [0, 0.1) is 5.92 Å². The fourth-order valence-electron chi connectivity index (χ4n) is 3.06. The molecular formula is C18H26N2O3. The summed E-state index contributed by atoms with van der Waals surface area (Å²) in [6.45, 7) is 5.90. The zero-order chi connectivity index (χ0) is 16.7. The first-order chi connectivity index (χ1) is 11.1. The summed E-state index contributed by atoms with van der Waals surface area (Å²) >= 11 is 0. The third kappa shape index (κ3) is 5.15. The van der Waals surface area contributed by atoms with Crippen molar-refractivity contribution in [3.8, 4) is 0 Å². The summed E-state index contributed by atoms with van der Waals surface area (Å²) in [7, 11) is 1.72. The van der Waals surface area contributed by atoms with Gasteiger partial charge in [-0.05, 0) is 38.3 Å². The van der Waals surface area contributed by atoms with Gasteiger partial charge in [0.15, 0.2) is 5.78 Å². The normalized spacial score (nSPS) is 18.6. The van der Waals surface area contributed by atoms with E-state index in [1.54, 1.807) is 31.4 Å². The zero-order valence-corrected chi connectivity index (χ0v) is 14.0. The quantitative estimate of drug-likeness (QED) is 0.781. The summed E-state index contributed by atoms with van der Waals surface area (Å²) in [4.78, 5) is 26.4. The molecule has 1 amide bonds. The van der Waals surface area contributed by atoms with Gasteiger partial charge in [-0.1, -0.05) is 18.2 Å². The molecule has 0 bridgehead atoms. The molecule has 1 aliphatic heterocycles. The highest BCUT2D eigenvalue weighted by Crippen LogP contribution is 2.16. The molecule has 1 fully saturated rings. The van der Waals surface area contributed by atoms with E-state index < -0.39 is 0 Å². The van der Waals surface area contributed by atoms with E-state index in [1.807, 2.05) is 0 Å². The number of amides is 1. The summed E-state index contributed by atoms with van der Waals surface area (Å²) in [6, 6.07) is 6.97. The molecule has 0 radical (unpaired) electrons. The van der Waals surface area contributed by atoms with Crippen molar-refractivity contribution in [2.75, 3.05) is 39.9 Å². The molecule has 0 saturated carbocycles. The Balaban J connectivity index is 1.88. The molecule has 1 N–H and O–H groups in total. The average Bonchev–Trinajstić information content (AvgIpc) is 2.58. The third-order valence-corrected chi connectivity index (χ3v) is 4.32. The van der Waals surface area contributed by atoms with Crippen LogP contribution in [0.4, 0.5) is 0 Å². The molecule has 0 unspecified atom stereocenters. The van der Waals surface area contributed by atoms with Crippen molar-refractivity contribution in [2.45, 2.75) is 19.8 Å². The number of hydrogen-bond acceptors (Lipinski definition) is 4. The number of carbonyl (C=O) groups excluding carboxylic acids is 2. The minimum atomic E-state index is -0.162. The van der Waals surface area contributed by atoms with E-state index in [0.29, 0.717) is 23.6 Å². The number of nitrogens with one attached hydrogen (secondary N) is 1. The van der Waals surface area contributed by atoms with Crippen molar-refractivity contribution < 1.29 is 14.3 Å². The van der Waals surface area contributed by atoms with Crippen LogP contribution in [-0.4, -0.2) is 56.5 Å². The van der Waals surface area contributed by atoms with E-state index in [0.717, 1.165) is 39.1 Å². The Bertz CT molecular complexity index is 545. The van der Waals surface area contributed by atoms with Gasteiger partial charge in [0.25, 0.3) is 5.91 Å². The monoisotopic (exact) mass is 318 g/mol. The lowest BCUT2D eigenvalue weighted by Crippen LogP contribution is -2.42. The van der Waals surface area contributed by atoms with Crippen LogP contribution in [-0.2, 0) is 4.74 Å². The molecule has 5 nitrogen and oxygen atoms in total. The van der Waals surface area contributed by atoms with Crippen LogP contribution in [0.25, 0.3) is 0 Å². The highest BCUT2D eigenvalue weighted by molar-refractivity contribution is 6.07. The first kappa shape index (κ1) is 17.6. The summed E-state index contributed by atoms with van der Waals surface area (Å²) < 4.78 is 5.13. The largest absolute Gasteiger partial charge is 0.383 e. The van der Waals surface area contributed by atoms with Crippen molar-refractivity contribution in [1.29, 1.82) is 0 Å². The van der Waals surface area contributed by atoms with E-state index >= 15 is 0 Å². The maximum atomic E-state index is 12.4. The van der Waals surface area contributed by atoms with Crippen molar-refractivity contribution in [1.82, 2.24) is 10.2 Å². The lowest BCUT2D eigenvalue weighted by molar-refractivity contribution is 0.0904. The van der Waals surface area contributed by atoms with Crippen molar-refractivity contribution >= 4 is 11.7 Å². The second-order valence-corrected chi connectivity index (χ2v) is 6.11. The van der Waals surface area contributed by atoms with Crippen LogP contribution in [0.5, 0.6) is 0 Å². The Labute approximate surface area is 138 Å². The Kier molecular flexibility index (Phi) is 6.74. The summed E-state index contributed by atoms with van der Waals surface area (Å²) in [5, 5.41) is 2.99. The Morgan fingerprint density at radius 2 is 2.04 bits per heavy atom. The number of Topliss-reactive ketones (excluding diaryl/α,β-unsaturated/α-hetero) is 1. The van der Waals surface area contributed by atoms with Gasteiger partial charge >= 0.3 is 0 Å². The predicted molar refractivity (Wildman–Crippen MR) is 89.8 cm³/mol. The highest BCUT2D eigenvalue weighted by Gasteiger charge is 2.21. The molecule has 126 valence electrons. The van der Waals surface area contributed by atoms with Crippen LogP contribution in [0.2, 0.25) is 0 Å². The lowest BCUT2D eigenvalue weighted by Gasteiger charge is -2.32. The average molecular weight is 318 g/mol. The molecule has 5 heteroatoms. The second-order valence-electron chi connectivity index (χ2n) is 6.11. The maximum absolute atomic E-state index is 12.4. The molecule has 1 heterocycles. The standard InChI is InChI=1S/C18H26N2O3/c1-14(21)16-7-3-4-8-17(16)18(22)19-12-15-6-5-9-20(13-15)10-11-23-2/h3-4,7-8,15H,5-6,9-13H2,1-2H3,(H,19,22)/t15-/m0/s1. The third-order valence-electron chi connectivity index (χ3n) is 4.32. The van der Waals surface area contributed by atoms with Gasteiger partial charge in [-0.15, -0.1) is 0 Å². The number of carbonyl (C=O) groups is 2. The van der Waals surface area contributed by atoms with Gasteiger partial charge in [-0.25, -0.2) is 0 Å². The van der Waals surface area contributed by atoms with E-state index in [1.165, 1.54) is 6.92 Å². The molecular weight excluding hydrogens is 292 g/mol. The molecule has 1 atom stereocenters. The molecule has 0 aliphatic carbocycles. The van der Waals surface area contributed by atoms with Crippen LogP contribution in [0.3, 0.4) is 0 Å². The topological polar surface area (TPSA) is 58.6 Å². The summed E-state index contributed by atoms with van der Waals surface area (Å²) in [6.07, 6.45) is 2.27. The number of methoxy groups -OCH3 is 1. The maximum Gasteiger partial charge on any atom is 0.252 e. The van der Waals surface area contributed by atoms with Gasteiger partial charge in [0.2, 0.25) is 0 Å². The van der Waals surface area contributed by atoms with Gasteiger partial charge in [-0.3, -0.25) is 9.59 Å². The van der Waals surface area contributed by atoms with Gasteiger partial charge in [0.05, 0.1) is 12.2 Å². The van der Waals surface area contributed by atoms with E-state index in [-0.39, 0.29) is 11.7 Å². The van der Waals surface area contributed by atoms with Crippen LogP contribution in [0.15, 0.2) is 24.3 Å². The highest BCUT2D eigenvalue weighted by atomic mass is 16.5. The molecule has 1 aromatic carbocycles. The second kappa shape index (κ2) is 8.79. The molecule has 1 saturated heterocycles.